The monoisotopic (exact) mass is 331 g/mol. The fraction of sp³-hybridized carbons (Fsp3) is 0.611. The van der Waals surface area contributed by atoms with Gasteiger partial charge in [0.25, 0.3) is 5.91 Å². The summed E-state index contributed by atoms with van der Waals surface area (Å²) in [4.78, 5) is 29.9. The van der Waals surface area contributed by atoms with E-state index in [2.05, 4.69) is 10.3 Å². The zero-order valence-corrected chi connectivity index (χ0v) is 14.3. The molecule has 1 N–H and O–H groups in total. The number of nitrogens with one attached hydrogen (secondary N) is 1. The Morgan fingerprint density at radius 1 is 1.46 bits per heavy atom. The molecule has 2 aliphatic rings. The van der Waals surface area contributed by atoms with Crippen LogP contribution < -0.4 is 5.32 Å². The fourth-order valence-electron chi connectivity index (χ4n) is 3.62. The second kappa shape index (κ2) is 6.89. The first-order chi connectivity index (χ1) is 11.5. The van der Waals surface area contributed by atoms with Crippen molar-refractivity contribution in [3.05, 3.63) is 30.1 Å². The third-order valence-corrected chi connectivity index (χ3v) is 5.02. The van der Waals surface area contributed by atoms with Crippen LogP contribution in [0.4, 0.5) is 0 Å². The Labute approximate surface area is 142 Å². The van der Waals surface area contributed by atoms with Crippen LogP contribution in [0.1, 0.15) is 37.0 Å². The molecule has 2 amide bonds. The zero-order chi connectivity index (χ0) is 17.2. The van der Waals surface area contributed by atoms with Crippen LogP contribution in [-0.4, -0.2) is 53.5 Å². The van der Waals surface area contributed by atoms with Crippen LogP contribution in [0.15, 0.2) is 24.5 Å². The molecule has 2 aliphatic heterocycles. The molecule has 3 rings (SSSR count). The molecule has 1 aromatic heterocycles. The number of hydrogen-bond donors (Lipinski definition) is 1. The van der Waals surface area contributed by atoms with Crippen LogP contribution in [0.5, 0.6) is 0 Å². The standard InChI is InChI=1S/C18H25N3O3/c1-13(2)17(23)21-11-18(12-21)15(6-9-24-18)5-8-20-16(22)14-4-3-7-19-10-14/h3-4,7,10,13,15H,5-6,8-9,11-12H2,1-2H3,(H,20,22)/t15-/m0/s1. The Balaban J connectivity index is 1.47. The number of hydrogen-bond acceptors (Lipinski definition) is 4. The first kappa shape index (κ1) is 16.9. The third kappa shape index (κ3) is 3.29. The summed E-state index contributed by atoms with van der Waals surface area (Å²) >= 11 is 0. The molecular weight excluding hydrogens is 306 g/mol. The summed E-state index contributed by atoms with van der Waals surface area (Å²) in [5.74, 6) is 0.518. The van der Waals surface area contributed by atoms with Gasteiger partial charge in [-0.05, 0) is 30.9 Å². The van der Waals surface area contributed by atoms with Gasteiger partial charge in [0.05, 0.1) is 18.7 Å². The minimum Gasteiger partial charge on any atom is -0.371 e. The molecule has 2 fully saturated rings. The van der Waals surface area contributed by atoms with E-state index < -0.39 is 0 Å². The van der Waals surface area contributed by atoms with Crippen molar-refractivity contribution in [2.45, 2.75) is 32.3 Å². The van der Waals surface area contributed by atoms with E-state index in [-0.39, 0.29) is 23.3 Å². The largest absolute Gasteiger partial charge is 0.371 e. The van der Waals surface area contributed by atoms with E-state index >= 15 is 0 Å². The highest BCUT2D eigenvalue weighted by atomic mass is 16.5. The summed E-state index contributed by atoms with van der Waals surface area (Å²) in [5, 5.41) is 2.95. The van der Waals surface area contributed by atoms with Crippen LogP contribution in [0, 0.1) is 11.8 Å². The maximum atomic E-state index is 12.0. The number of carbonyl (C=O) groups excluding carboxylic acids is 2. The van der Waals surface area contributed by atoms with Gasteiger partial charge in [-0.1, -0.05) is 13.8 Å². The molecule has 1 aromatic rings. The molecule has 0 aromatic carbocycles. The van der Waals surface area contributed by atoms with Gasteiger partial charge in [0.2, 0.25) is 5.91 Å². The highest BCUT2D eigenvalue weighted by Crippen LogP contribution is 2.41. The van der Waals surface area contributed by atoms with Crippen molar-refractivity contribution >= 4 is 11.8 Å². The number of aromatic nitrogens is 1. The van der Waals surface area contributed by atoms with E-state index in [1.165, 1.54) is 0 Å². The summed E-state index contributed by atoms with van der Waals surface area (Å²) in [6.45, 7) is 6.57. The zero-order valence-electron chi connectivity index (χ0n) is 14.3. The molecule has 0 saturated carbocycles. The van der Waals surface area contributed by atoms with Gasteiger partial charge >= 0.3 is 0 Å². The molecule has 6 heteroatoms. The van der Waals surface area contributed by atoms with Crippen LogP contribution in [0.3, 0.4) is 0 Å². The van der Waals surface area contributed by atoms with Gasteiger partial charge in [-0.15, -0.1) is 0 Å². The van der Waals surface area contributed by atoms with E-state index in [0.29, 0.717) is 31.1 Å². The third-order valence-electron chi connectivity index (χ3n) is 5.02. The van der Waals surface area contributed by atoms with Gasteiger partial charge in [0.1, 0.15) is 5.60 Å². The molecule has 130 valence electrons. The van der Waals surface area contributed by atoms with Crippen molar-refractivity contribution in [3.63, 3.8) is 0 Å². The van der Waals surface area contributed by atoms with Crippen molar-refractivity contribution in [2.24, 2.45) is 11.8 Å². The lowest BCUT2D eigenvalue weighted by Crippen LogP contribution is -2.66. The van der Waals surface area contributed by atoms with Gasteiger partial charge in [-0.25, -0.2) is 0 Å². The van der Waals surface area contributed by atoms with E-state index in [0.717, 1.165) is 19.4 Å². The molecule has 6 nitrogen and oxygen atoms in total. The van der Waals surface area contributed by atoms with Crippen LogP contribution >= 0.6 is 0 Å². The molecule has 2 saturated heterocycles. The van der Waals surface area contributed by atoms with Crippen LogP contribution in [0.2, 0.25) is 0 Å². The van der Waals surface area contributed by atoms with Gasteiger partial charge < -0.3 is 15.0 Å². The number of carbonyl (C=O) groups is 2. The summed E-state index contributed by atoms with van der Waals surface area (Å²) in [6.07, 6.45) is 5.08. The van der Waals surface area contributed by atoms with Crippen molar-refractivity contribution in [1.82, 2.24) is 15.2 Å². The number of nitrogens with zero attached hydrogens (tertiary/aromatic N) is 2. The van der Waals surface area contributed by atoms with Crippen molar-refractivity contribution in [2.75, 3.05) is 26.2 Å². The SMILES string of the molecule is CC(C)C(=O)N1CC2(C1)OCC[C@@H]2CCNC(=O)c1cccnc1. The topological polar surface area (TPSA) is 71.5 Å². The van der Waals surface area contributed by atoms with Crippen LogP contribution in [-0.2, 0) is 9.53 Å². The normalized spacial score (nSPS) is 21.8. The minimum absolute atomic E-state index is 0.0287. The van der Waals surface area contributed by atoms with E-state index in [1.54, 1.807) is 24.5 Å². The summed E-state index contributed by atoms with van der Waals surface area (Å²) < 4.78 is 5.97. The highest BCUT2D eigenvalue weighted by molar-refractivity contribution is 5.93. The molecule has 24 heavy (non-hydrogen) atoms. The lowest BCUT2D eigenvalue weighted by molar-refractivity contribution is -0.168. The van der Waals surface area contributed by atoms with Crippen LogP contribution in [0.25, 0.3) is 0 Å². The average molecular weight is 331 g/mol. The summed E-state index contributed by atoms with van der Waals surface area (Å²) in [6, 6.07) is 3.51. The van der Waals surface area contributed by atoms with Crippen molar-refractivity contribution < 1.29 is 14.3 Å². The molecular formula is C18H25N3O3. The number of rotatable bonds is 5. The average Bonchev–Trinajstić information content (AvgIpc) is 2.97. The predicted octanol–water partition coefficient (Wildman–Crippen LogP) is 1.47. The Morgan fingerprint density at radius 2 is 2.25 bits per heavy atom. The Hall–Kier alpha value is -1.95. The Morgan fingerprint density at radius 3 is 2.92 bits per heavy atom. The molecule has 0 bridgehead atoms. The Kier molecular flexibility index (Phi) is 4.85. The Bertz CT molecular complexity index is 597. The van der Waals surface area contributed by atoms with Gasteiger partial charge in [0.15, 0.2) is 0 Å². The number of pyridine rings is 1. The lowest BCUT2D eigenvalue weighted by Gasteiger charge is -2.50. The number of likely N-dealkylation sites (tertiary alicyclic amines) is 1. The first-order valence-electron chi connectivity index (χ1n) is 8.63. The summed E-state index contributed by atoms with van der Waals surface area (Å²) in [7, 11) is 0. The molecule has 1 spiro atoms. The number of amides is 2. The smallest absolute Gasteiger partial charge is 0.252 e. The van der Waals surface area contributed by atoms with E-state index in [1.807, 2.05) is 18.7 Å². The molecule has 0 aliphatic carbocycles. The van der Waals surface area contributed by atoms with Crippen molar-refractivity contribution in [3.8, 4) is 0 Å². The predicted molar refractivity (Wildman–Crippen MR) is 89.4 cm³/mol. The second-order valence-electron chi connectivity index (χ2n) is 7.03. The van der Waals surface area contributed by atoms with Gasteiger partial charge in [-0.2, -0.15) is 0 Å². The van der Waals surface area contributed by atoms with Gasteiger partial charge in [-0.3, -0.25) is 14.6 Å². The fourth-order valence-corrected chi connectivity index (χ4v) is 3.62. The number of ether oxygens (including phenoxy) is 1. The molecule has 3 heterocycles. The molecule has 1 atom stereocenters. The molecule has 0 unspecified atom stereocenters. The van der Waals surface area contributed by atoms with E-state index in [4.69, 9.17) is 4.74 Å². The minimum atomic E-state index is -0.191. The summed E-state index contributed by atoms with van der Waals surface area (Å²) in [5.41, 5.74) is 0.385. The quantitative estimate of drug-likeness (QED) is 0.887. The first-order valence-corrected chi connectivity index (χ1v) is 8.63. The molecule has 0 radical (unpaired) electrons. The lowest BCUT2D eigenvalue weighted by atomic mass is 9.78. The highest BCUT2D eigenvalue weighted by Gasteiger charge is 2.54. The van der Waals surface area contributed by atoms with E-state index in [9.17, 15) is 9.59 Å². The van der Waals surface area contributed by atoms with Crippen molar-refractivity contribution in [1.29, 1.82) is 0 Å². The maximum Gasteiger partial charge on any atom is 0.252 e. The maximum absolute atomic E-state index is 12.0. The second-order valence-corrected chi connectivity index (χ2v) is 7.03. The van der Waals surface area contributed by atoms with Gasteiger partial charge in [0, 0.05) is 31.5 Å².